The zero-order chi connectivity index (χ0) is 17.1. The van der Waals surface area contributed by atoms with E-state index < -0.39 is 0 Å². The van der Waals surface area contributed by atoms with E-state index in [1.54, 1.807) is 0 Å². The lowest BCUT2D eigenvalue weighted by Gasteiger charge is -2.14. The fourth-order valence-electron chi connectivity index (χ4n) is 2.41. The summed E-state index contributed by atoms with van der Waals surface area (Å²) in [6.07, 6.45) is 1.47. The summed E-state index contributed by atoms with van der Waals surface area (Å²) >= 11 is 0. The van der Waals surface area contributed by atoms with E-state index in [0.29, 0.717) is 23.1 Å². The molecule has 1 aromatic carbocycles. The van der Waals surface area contributed by atoms with Gasteiger partial charge in [0.1, 0.15) is 17.8 Å². The van der Waals surface area contributed by atoms with Gasteiger partial charge >= 0.3 is 0 Å². The molecule has 0 spiro atoms. The predicted octanol–water partition coefficient (Wildman–Crippen LogP) is 3.87. The van der Waals surface area contributed by atoms with Gasteiger partial charge in [-0.2, -0.15) is 0 Å². The first-order valence-electron chi connectivity index (χ1n) is 7.68. The number of nitrogens with zero attached hydrogens (tertiary/aromatic N) is 3. The molecule has 0 saturated carbocycles. The Hall–Kier alpha value is -3.15. The number of benzene rings is 1. The molecule has 0 aliphatic carbocycles. The van der Waals surface area contributed by atoms with Gasteiger partial charge in [0, 0.05) is 11.4 Å². The molecule has 0 bridgehead atoms. The number of aryl methyl sites for hydroxylation is 3. The van der Waals surface area contributed by atoms with Crippen molar-refractivity contribution in [2.24, 2.45) is 0 Å². The Kier molecular flexibility index (Phi) is 4.29. The van der Waals surface area contributed by atoms with Crippen LogP contribution in [-0.4, -0.2) is 15.0 Å². The second kappa shape index (κ2) is 6.54. The Morgan fingerprint density at radius 3 is 2.38 bits per heavy atom. The monoisotopic (exact) mass is 320 g/mol. The Bertz CT molecular complexity index is 875. The number of anilines is 5. The van der Waals surface area contributed by atoms with Crippen LogP contribution in [-0.2, 0) is 0 Å². The van der Waals surface area contributed by atoms with Crippen LogP contribution in [0.2, 0.25) is 0 Å². The van der Waals surface area contributed by atoms with Crippen molar-refractivity contribution >= 4 is 28.8 Å². The molecule has 0 unspecified atom stereocenters. The van der Waals surface area contributed by atoms with Gasteiger partial charge in [-0.15, -0.1) is 0 Å². The second-order valence-corrected chi connectivity index (χ2v) is 5.72. The van der Waals surface area contributed by atoms with Crippen LogP contribution < -0.4 is 16.4 Å². The highest BCUT2D eigenvalue weighted by Gasteiger charge is 2.10. The number of hydrogen-bond donors (Lipinski definition) is 3. The molecule has 6 heteroatoms. The van der Waals surface area contributed by atoms with Crippen molar-refractivity contribution in [2.75, 3.05) is 16.4 Å². The van der Waals surface area contributed by atoms with Crippen LogP contribution in [0.25, 0.3) is 0 Å². The number of nitrogens with one attached hydrogen (secondary N) is 2. The van der Waals surface area contributed by atoms with Crippen molar-refractivity contribution in [2.45, 2.75) is 20.8 Å². The van der Waals surface area contributed by atoms with Crippen LogP contribution in [0.5, 0.6) is 0 Å². The molecule has 3 aromatic rings. The van der Waals surface area contributed by atoms with Gasteiger partial charge in [0.15, 0.2) is 11.6 Å². The summed E-state index contributed by atoms with van der Waals surface area (Å²) in [6.45, 7) is 6.04. The van der Waals surface area contributed by atoms with Gasteiger partial charge in [0.25, 0.3) is 0 Å². The summed E-state index contributed by atoms with van der Waals surface area (Å²) in [6, 6.07) is 11.9. The summed E-state index contributed by atoms with van der Waals surface area (Å²) in [4.78, 5) is 12.9. The van der Waals surface area contributed by atoms with Gasteiger partial charge in [-0.05, 0) is 44.5 Å². The first-order valence-corrected chi connectivity index (χ1v) is 7.68. The molecular formula is C18H20N6. The lowest BCUT2D eigenvalue weighted by Crippen LogP contribution is -2.06. The van der Waals surface area contributed by atoms with Crippen LogP contribution >= 0.6 is 0 Å². The molecule has 0 aliphatic heterocycles. The molecular weight excluding hydrogens is 300 g/mol. The fraction of sp³-hybridized carbons (Fsp3) is 0.167. The average Bonchev–Trinajstić information content (AvgIpc) is 2.54. The van der Waals surface area contributed by atoms with Crippen LogP contribution in [0.15, 0.2) is 42.7 Å². The van der Waals surface area contributed by atoms with E-state index in [9.17, 15) is 0 Å². The number of nitrogens with two attached hydrogens (primary N) is 1. The summed E-state index contributed by atoms with van der Waals surface area (Å²) in [7, 11) is 0. The van der Waals surface area contributed by atoms with Crippen molar-refractivity contribution in [3.63, 3.8) is 0 Å². The molecule has 122 valence electrons. The highest BCUT2D eigenvalue weighted by Crippen LogP contribution is 2.29. The summed E-state index contributed by atoms with van der Waals surface area (Å²) in [5.41, 5.74) is 10.9. The van der Waals surface area contributed by atoms with Crippen molar-refractivity contribution in [3.05, 3.63) is 59.5 Å². The van der Waals surface area contributed by atoms with E-state index in [4.69, 9.17) is 5.73 Å². The molecule has 4 N–H and O–H groups in total. The minimum Gasteiger partial charge on any atom is -0.393 e. The van der Waals surface area contributed by atoms with Gasteiger partial charge in [0.2, 0.25) is 0 Å². The lowest BCUT2D eigenvalue weighted by molar-refractivity contribution is 1.15. The number of pyridine rings is 1. The fourth-order valence-corrected chi connectivity index (χ4v) is 2.41. The Labute approximate surface area is 141 Å². The first kappa shape index (κ1) is 15.7. The minimum atomic E-state index is 0.445. The number of rotatable bonds is 4. The summed E-state index contributed by atoms with van der Waals surface area (Å²) < 4.78 is 0. The first-order chi connectivity index (χ1) is 11.5. The smallest absolute Gasteiger partial charge is 0.160 e. The molecule has 0 amide bonds. The molecule has 0 fully saturated rings. The molecule has 3 rings (SSSR count). The van der Waals surface area contributed by atoms with Crippen molar-refractivity contribution in [1.29, 1.82) is 0 Å². The Morgan fingerprint density at radius 2 is 1.67 bits per heavy atom. The highest BCUT2D eigenvalue weighted by molar-refractivity contribution is 5.80. The zero-order valence-corrected chi connectivity index (χ0v) is 14.0. The molecule has 24 heavy (non-hydrogen) atoms. The minimum absolute atomic E-state index is 0.445. The standard InChI is InChI=1S/C18H20N6/c1-11-7-8-14(12(2)9-11)23-17-16(19)18(21-10-20-17)24-15-6-4-5-13(3)22-15/h4-10H,19H2,1-3H3,(H2,20,21,22,23,24). The third-order valence-corrected chi connectivity index (χ3v) is 3.65. The largest absolute Gasteiger partial charge is 0.393 e. The molecule has 2 heterocycles. The van der Waals surface area contributed by atoms with Crippen molar-refractivity contribution < 1.29 is 0 Å². The molecule has 6 nitrogen and oxygen atoms in total. The maximum atomic E-state index is 6.22. The van der Waals surface area contributed by atoms with Gasteiger partial charge < -0.3 is 16.4 Å². The second-order valence-electron chi connectivity index (χ2n) is 5.72. The quantitative estimate of drug-likeness (QED) is 0.676. The lowest BCUT2D eigenvalue weighted by atomic mass is 10.1. The SMILES string of the molecule is Cc1ccc(Nc2ncnc(Nc3cccc(C)n3)c2N)c(C)c1. The van der Waals surface area contributed by atoms with Crippen molar-refractivity contribution in [3.8, 4) is 0 Å². The third kappa shape index (κ3) is 3.43. The van der Waals surface area contributed by atoms with Crippen LogP contribution in [0.1, 0.15) is 16.8 Å². The molecule has 0 aliphatic rings. The summed E-state index contributed by atoms with van der Waals surface area (Å²) in [5, 5.41) is 6.40. The molecule has 0 radical (unpaired) electrons. The van der Waals surface area contributed by atoms with Gasteiger partial charge in [-0.25, -0.2) is 15.0 Å². The average molecular weight is 320 g/mol. The number of aromatic nitrogens is 3. The Morgan fingerprint density at radius 1 is 0.917 bits per heavy atom. The van der Waals surface area contributed by atoms with Crippen LogP contribution in [0.4, 0.5) is 28.8 Å². The number of nitrogen functional groups attached to an aromatic ring is 1. The van der Waals surface area contributed by atoms with E-state index in [0.717, 1.165) is 16.9 Å². The highest BCUT2D eigenvalue weighted by atomic mass is 15.1. The van der Waals surface area contributed by atoms with Gasteiger partial charge in [-0.3, -0.25) is 0 Å². The van der Waals surface area contributed by atoms with E-state index in [1.807, 2.05) is 44.2 Å². The van der Waals surface area contributed by atoms with Crippen molar-refractivity contribution in [1.82, 2.24) is 15.0 Å². The normalized spacial score (nSPS) is 10.5. The summed E-state index contributed by atoms with van der Waals surface area (Å²) in [5.74, 6) is 1.78. The van der Waals surface area contributed by atoms with E-state index >= 15 is 0 Å². The molecule has 0 atom stereocenters. The number of hydrogen-bond acceptors (Lipinski definition) is 6. The predicted molar refractivity (Wildman–Crippen MR) is 97.9 cm³/mol. The maximum absolute atomic E-state index is 6.22. The van der Waals surface area contributed by atoms with Gasteiger partial charge in [-0.1, -0.05) is 23.8 Å². The molecule has 2 aromatic heterocycles. The topological polar surface area (TPSA) is 88.8 Å². The van der Waals surface area contributed by atoms with E-state index in [1.165, 1.54) is 11.9 Å². The van der Waals surface area contributed by atoms with Crippen LogP contribution in [0.3, 0.4) is 0 Å². The third-order valence-electron chi connectivity index (χ3n) is 3.65. The van der Waals surface area contributed by atoms with E-state index in [-0.39, 0.29) is 0 Å². The maximum Gasteiger partial charge on any atom is 0.160 e. The van der Waals surface area contributed by atoms with Gasteiger partial charge in [0.05, 0.1) is 0 Å². The van der Waals surface area contributed by atoms with E-state index in [2.05, 4.69) is 38.6 Å². The zero-order valence-electron chi connectivity index (χ0n) is 14.0. The Balaban J connectivity index is 1.88. The molecule has 0 saturated heterocycles. The van der Waals surface area contributed by atoms with Crippen LogP contribution in [0, 0.1) is 20.8 Å².